The van der Waals surface area contributed by atoms with Gasteiger partial charge >= 0.3 is 0 Å². The molecule has 3 rings (SSSR count). The number of nitrogens with one attached hydrogen (secondary N) is 1. The number of hydrogen-bond donors (Lipinski definition) is 1. The third kappa shape index (κ3) is 6.70. The van der Waals surface area contributed by atoms with Gasteiger partial charge in [-0.15, -0.1) is 11.3 Å². The average molecular weight is 426 g/mol. The Hall–Kier alpha value is -2.15. The molecule has 0 spiro atoms. The highest BCUT2D eigenvalue weighted by molar-refractivity contribution is 8.00. The summed E-state index contributed by atoms with van der Waals surface area (Å²) in [4.78, 5) is 19.2. The molecule has 1 atom stereocenters. The van der Waals surface area contributed by atoms with Crippen LogP contribution in [-0.4, -0.2) is 42.5 Å². The lowest BCUT2D eigenvalue weighted by molar-refractivity contribution is 0.0941. The summed E-state index contributed by atoms with van der Waals surface area (Å²) in [5.41, 5.74) is 4.22. The van der Waals surface area contributed by atoms with Crippen LogP contribution in [-0.2, 0) is 12.2 Å². The van der Waals surface area contributed by atoms with Gasteiger partial charge in [-0.2, -0.15) is 0 Å². The summed E-state index contributed by atoms with van der Waals surface area (Å²) >= 11 is 3.40. The molecule has 0 bridgehead atoms. The summed E-state index contributed by atoms with van der Waals surface area (Å²) in [5.74, 6) is 0.828. The van der Waals surface area contributed by atoms with Gasteiger partial charge in [0.2, 0.25) is 0 Å². The Morgan fingerprint density at radius 3 is 2.45 bits per heavy atom. The third-order valence-corrected chi connectivity index (χ3v) is 6.93. The maximum Gasteiger partial charge on any atom is 0.251 e. The van der Waals surface area contributed by atoms with Crippen molar-refractivity contribution in [1.82, 2.24) is 15.2 Å². The van der Waals surface area contributed by atoms with Crippen LogP contribution in [0.5, 0.6) is 0 Å². The summed E-state index contributed by atoms with van der Waals surface area (Å²) < 4.78 is 1.08. The summed E-state index contributed by atoms with van der Waals surface area (Å²) in [7, 11) is 4.10. The number of thioether (sulfide) groups is 1. The molecular weight excluding hydrogens is 398 g/mol. The summed E-state index contributed by atoms with van der Waals surface area (Å²) in [5, 5.41) is 5.15. The zero-order chi connectivity index (χ0) is 20.6. The average Bonchev–Trinajstić information content (AvgIpc) is 3.15. The predicted octanol–water partition coefficient (Wildman–Crippen LogP) is 4.65. The van der Waals surface area contributed by atoms with Crippen LogP contribution in [0.4, 0.5) is 0 Å². The zero-order valence-electron chi connectivity index (χ0n) is 17.1. The molecule has 2 aromatic carbocycles. The van der Waals surface area contributed by atoms with E-state index in [9.17, 15) is 4.79 Å². The molecular formula is C23H27N3OS2. The van der Waals surface area contributed by atoms with Crippen molar-refractivity contribution in [1.29, 1.82) is 0 Å². The Morgan fingerprint density at radius 2 is 1.83 bits per heavy atom. The highest BCUT2D eigenvalue weighted by atomic mass is 32.2. The smallest absolute Gasteiger partial charge is 0.251 e. The molecule has 3 aromatic rings. The van der Waals surface area contributed by atoms with Crippen molar-refractivity contribution in [3.8, 4) is 0 Å². The van der Waals surface area contributed by atoms with Gasteiger partial charge < -0.3 is 10.2 Å². The van der Waals surface area contributed by atoms with Gasteiger partial charge in [-0.05, 0) is 50.7 Å². The number of rotatable bonds is 9. The van der Waals surface area contributed by atoms with Gasteiger partial charge in [0, 0.05) is 35.0 Å². The second-order valence-electron chi connectivity index (χ2n) is 7.26. The van der Waals surface area contributed by atoms with E-state index in [1.54, 1.807) is 23.1 Å². The topological polar surface area (TPSA) is 45.2 Å². The van der Waals surface area contributed by atoms with Crippen LogP contribution < -0.4 is 5.32 Å². The van der Waals surface area contributed by atoms with E-state index in [2.05, 4.69) is 58.9 Å². The number of carbonyl (C=O) groups is 1. The van der Waals surface area contributed by atoms with Crippen LogP contribution in [0.3, 0.4) is 0 Å². The number of aromatic nitrogens is 1. The van der Waals surface area contributed by atoms with Crippen LogP contribution in [0.15, 0.2) is 64.3 Å². The van der Waals surface area contributed by atoms with Gasteiger partial charge in [-0.25, -0.2) is 4.98 Å². The summed E-state index contributed by atoms with van der Waals surface area (Å²) in [6.07, 6.45) is 0.903. The van der Waals surface area contributed by atoms with Crippen LogP contribution in [0.25, 0.3) is 0 Å². The minimum absolute atomic E-state index is 0.0281. The van der Waals surface area contributed by atoms with Crippen LogP contribution in [0, 0.1) is 6.92 Å². The van der Waals surface area contributed by atoms with Gasteiger partial charge in [-0.3, -0.25) is 4.79 Å². The van der Waals surface area contributed by atoms with Crippen molar-refractivity contribution in [3.05, 3.63) is 82.4 Å². The lowest BCUT2D eigenvalue weighted by Crippen LogP contribution is -2.41. The fourth-order valence-corrected chi connectivity index (χ4v) is 4.74. The molecule has 1 amide bonds. The van der Waals surface area contributed by atoms with Crippen LogP contribution in [0.1, 0.15) is 27.2 Å². The standard InChI is InChI=1S/C23H27N3OS2/c1-17-15-28-23(25-17)29-16-19-9-11-20(12-10-19)22(27)24-14-21(26(2)3)13-18-7-5-4-6-8-18/h4-12,15,21H,13-14,16H2,1-3H3,(H,24,27). The number of thiazole rings is 1. The molecule has 0 fully saturated rings. The van der Waals surface area contributed by atoms with Gasteiger partial charge in [0.05, 0.1) is 0 Å². The number of nitrogens with zero attached hydrogens (tertiary/aromatic N) is 2. The lowest BCUT2D eigenvalue weighted by Gasteiger charge is -2.24. The van der Waals surface area contributed by atoms with Gasteiger partial charge in [0.15, 0.2) is 0 Å². The lowest BCUT2D eigenvalue weighted by atomic mass is 10.0. The predicted molar refractivity (Wildman–Crippen MR) is 123 cm³/mol. The quantitative estimate of drug-likeness (QED) is 0.507. The third-order valence-electron chi connectivity index (χ3n) is 4.72. The van der Waals surface area contributed by atoms with Gasteiger partial charge in [0.25, 0.3) is 5.91 Å². The molecule has 0 radical (unpaired) electrons. The van der Waals surface area contributed by atoms with E-state index in [1.807, 2.05) is 37.3 Å². The first kappa shape index (κ1) is 21.6. The Bertz CT molecular complexity index is 907. The fraction of sp³-hybridized carbons (Fsp3) is 0.304. The summed E-state index contributed by atoms with van der Waals surface area (Å²) in [6, 6.07) is 18.5. The van der Waals surface area contributed by atoms with Gasteiger partial charge in [-0.1, -0.05) is 54.2 Å². The molecule has 1 aromatic heterocycles. The van der Waals surface area contributed by atoms with E-state index in [0.29, 0.717) is 12.1 Å². The normalized spacial score (nSPS) is 12.1. The molecule has 0 aliphatic heterocycles. The molecule has 0 aliphatic carbocycles. The Kier molecular flexibility index (Phi) is 7.86. The number of likely N-dealkylation sites (N-methyl/N-ethyl adjacent to an activating group) is 1. The fourth-order valence-electron chi connectivity index (χ4n) is 2.93. The maximum absolute atomic E-state index is 12.6. The number of aryl methyl sites for hydroxylation is 1. The highest BCUT2D eigenvalue weighted by Crippen LogP contribution is 2.26. The van der Waals surface area contributed by atoms with Crippen molar-refractivity contribution >= 4 is 29.0 Å². The zero-order valence-corrected chi connectivity index (χ0v) is 18.7. The number of amides is 1. The maximum atomic E-state index is 12.6. The molecule has 1 unspecified atom stereocenters. The highest BCUT2D eigenvalue weighted by Gasteiger charge is 2.14. The van der Waals surface area contributed by atoms with E-state index in [0.717, 1.165) is 22.2 Å². The van der Waals surface area contributed by atoms with E-state index in [1.165, 1.54) is 11.1 Å². The number of benzene rings is 2. The molecule has 0 aliphatic rings. The minimum atomic E-state index is -0.0281. The molecule has 6 heteroatoms. The molecule has 29 heavy (non-hydrogen) atoms. The SMILES string of the molecule is Cc1csc(SCc2ccc(C(=O)NCC(Cc3ccccc3)N(C)C)cc2)n1. The Balaban J connectivity index is 1.51. The molecule has 1 N–H and O–H groups in total. The minimum Gasteiger partial charge on any atom is -0.350 e. The largest absolute Gasteiger partial charge is 0.350 e. The monoisotopic (exact) mass is 425 g/mol. The van der Waals surface area contributed by atoms with Crippen molar-refractivity contribution in [2.24, 2.45) is 0 Å². The first-order valence-corrected chi connectivity index (χ1v) is 11.5. The van der Waals surface area contributed by atoms with Crippen LogP contribution >= 0.6 is 23.1 Å². The molecule has 152 valence electrons. The second kappa shape index (κ2) is 10.6. The van der Waals surface area contributed by atoms with Gasteiger partial charge in [0.1, 0.15) is 4.34 Å². The number of hydrogen-bond acceptors (Lipinski definition) is 5. The molecule has 0 saturated carbocycles. The van der Waals surface area contributed by atoms with Crippen molar-refractivity contribution in [2.45, 2.75) is 29.5 Å². The summed E-state index contributed by atoms with van der Waals surface area (Å²) in [6.45, 7) is 2.62. The first-order valence-electron chi connectivity index (χ1n) is 9.63. The Morgan fingerprint density at radius 1 is 1.10 bits per heavy atom. The van der Waals surface area contributed by atoms with Crippen molar-refractivity contribution < 1.29 is 4.79 Å². The molecule has 1 heterocycles. The van der Waals surface area contributed by atoms with E-state index in [-0.39, 0.29) is 11.9 Å². The van der Waals surface area contributed by atoms with E-state index < -0.39 is 0 Å². The van der Waals surface area contributed by atoms with Crippen molar-refractivity contribution in [2.75, 3.05) is 20.6 Å². The van der Waals surface area contributed by atoms with Crippen molar-refractivity contribution in [3.63, 3.8) is 0 Å². The first-order chi connectivity index (χ1) is 14.0. The van der Waals surface area contributed by atoms with E-state index in [4.69, 9.17) is 0 Å². The molecule has 0 saturated heterocycles. The van der Waals surface area contributed by atoms with E-state index >= 15 is 0 Å². The van der Waals surface area contributed by atoms with Crippen LogP contribution in [0.2, 0.25) is 0 Å². The number of carbonyl (C=O) groups excluding carboxylic acids is 1. The second-order valence-corrected chi connectivity index (χ2v) is 9.34. The molecule has 4 nitrogen and oxygen atoms in total. The Labute approximate surface area is 181 Å².